The van der Waals surface area contributed by atoms with Gasteiger partial charge in [0.2, 0.25) is 10.0 Å². The summed E-state index contributed by atoms with van der Waals surface area (Å²) in [4.78, 5) is 4.46. The van der Waals surface area contributed by atoms with Gasteiger partial charge in [-0.1, -0.05) is 25.1 Å². The van der Waals surface area contributed by atoms with Crippen LogP contribution >= 0.6 is 0 Å². The van der Waals surface area contributed by atoms with Gasteiger partial charge in [-0.05, 0) is 35.7 Å². The minimum atomic E-state index is -3.54. The molecule has 0 radical (unpaired) electrons. The normalized spacial score (nSPS) is 11.5. The minimum Gasteiger partial charge on any atom is -0.326 e. The van der Waals surface area contributed by atoms with Crippen molar-refractivity contribution in [2.75, 3.05) is 0 Å². The van der Waals surface area contributed by atoms with E-state index in [1.54, 1.807) is 30.5 Å². The van der Waals surface area contributed by atoms with Gasteiger partial charge in [0.15, 0.2) is 0 Å². The van der Waals surface area contributed by atoms with Crippen LogP contribution in [-0.2, 0) is 29.5 Å². The fourth-order valence-electron chi connectivity index (χ4n) is 2.00. The van der Waals surface area contributed by atoms with Crippen molar-refractivity contribution in [1.82, 2.24) is 9.71 Å². The van der Waals surface area contributed by atoms with Gasteiger partial charge in [0.1, 0.15) is 0 Å². The molecular weight excluding hydrogens is 286 g/mol. The summed E-state index contributed by atoms with van der Waals surface area (Å²) in [6.07, 6.45) is 2.48. The maximum absolute atomic E-state index is 12.2. The Bertz CT molecular complexity index is 697. The van der Waals surface area contributed by atoms with Crippen LogP contribution in [0.2, 0.25) is 0 Å². The summed E-state index contributed by atoms with van der Waals surface area (Å²) < 4.78 is 27.1. The monoisotopic (exact) mass is 305 g/mol. The SMILES string of the molecule is CCc1cccnc1CNS(=O)(=O)c1ccc(CN)cc1. The molecule has 1 heterocycles. The fraction of sp³-hybridized carbons (Fsp3) is 0.267. The van der Waals surface area contributed by atoms with Crippen molar-refractivity contribution in [3.63, 3.8) is 0 Å². The van der Waals surface area contributed by atoms with Gasteiger partial charge in [-0.25, -0.2) is 13.1 Å². The van der Waals surface area contributed by atoms with E-state index in [0.717, 1.165) is 23.2 Å². The van der Waals surface area contributed by atoms with Gasteiger partial charge in [0.25, 0.3) is 0 Å². The highest BCUT2D eigenvalue weighted by Gasteiger charge is 2.14. The maximum Gasteiger partial charge on any atom is 0.240 e. The van der Waals surface area contributed by atoms with E-state index in [4.69, 9.17) is 5.73 Å². The predicted octanol–water partition coefficient (Wildman–Crippen LogP) is 1.58. The first-order valence-corrected chi connectivity index (χ1v) is 8.26. The number of pyridine rings is 1. The second kappa shape index (κ2) is 6.80. The van der Waals surface area contributed by atoms with E-state index in [1.807, 2.05) is 19.1 Å². The smallest absolute Gasteiger partial charge is 0.240 e. The van der Waals surface area contributed by atoms with E-state index in [-0.39, 0.29) is 11.4 Å². The summed E-state index contributed by atoms with van der Waals surface area (Å²) in [5, 5.41) is 0. The van der Waals surface area contributed by atoms with Crippen LogP contribution in [-0.4, -0.2) is 13.4 Å². The Hall–Kier alpha value is -1.76. The van der Waals surface area contributed by atoms with Crippen molar-refractivity contribution < 1.29 is 8.42 Å². The molecule has 1 aromatic carbocycles. The van der Waals surface area contributed by atoms with Crippen LogP contribution in [0.4, 0.5) is 0 Å². The third-order valence-electron chi connectivity index (χ3n) is 3.26. The summed E-state index contributed by atoms with van der Waals surface area (Å²) in [6, 6.07) is 10.3. The highest BCUT2D eigenvalue weighted by Crippen LogP contribution is 2.12. The van der Waals surface area contributed by atoms with E-state index in [1.165, 1.54) is 0 Å². The van der Waals surface area contributed by atoms with Gasteiger partial charge in [-0.3, -0.25) is 4.98 Å². The van der Waals surface area contributed by atoms with E-state index in [0.29, 0.717) is 6.54 Å². The predicted molar refractivity (Wildman–Crippen MR) is 82.0 cm³/mol. The Morgan fingerprint density at radius 1 is 1.19 bits per heavy atom. The van der Waals surface area contributed by atoms with E-state index < -0.39 is 10.0 Å². The first kappa shape index (κ1) is 15.6. The molecule has 5 nitrogen and oxygen atoms in total. The number of benzene rings is 1. The number of hydrogen-bond acceptors (Lipinski definition) is 4. The highest BCUT2D eigenvalue weighted by atomic mass is 32.2. The molecule has 2 aromatic rings. The number of rotatable bonds is 6. The lowest BCUT2D eigenvalue weighted by Crippen LogP contribution is -2.24. The third-order valence-corrected chi connectivity index (χ3v) is 4.68. The van der Waals surface area contributed by atoms with Crippen molar-refractivity contribution >= 4 is 10.0 Å². The molecular formula is C15H19N3O2S. The molecule has 0 aliphatic carbocycles. The number of aryl methyl sites for hydroxylation is 1. The summed E-state index contributed by atoms with van der Waals surface area (Å²) in [5.74, 6) is 0. The summed E-state index contributed by atoms with van der Waals surface area (Å²) in [5.41, 5.74) is 8.19. The molecule has 0 saturated heterocycles. The Morgan fingerprint density at radius 3 is 2.52 bits per heavy atom. The van der Waals surface area contributed by atoms with Crippen LogP contribution < -0.4 is 10.5 Å². The molecule has 6 heteroatoms. The Morgan fingerprint density at radius 2 is 1.90 bits per heavy atom. The minimum absolute atomic E-state index is 0.186. The molecule has 0 fully saturated rings. The van der Waals surface area contributed by atoms with Gasteiger partial charge in [-0.15, -0.1) is 0 Å². The van der Waals surface area contributed by atoms with Crippen LogP contribution in [0.25, 0.3) is 0 Å². The van der Waals surface area contributed by atoms with Crippen LogP contribution in [0.5, 0.6) is 0 Å². The van der Waals surface area contributed by atoms with Crippen molar-refractivity contribution in [1.29, 1.82) is 0 Å². The van der Waals surface area contributed by atoms with Gasteiger partial charge in [0, 0.05) is 12.7 Å². The molecule has 2 rings (SSSR count). The molecule has 0 bridgehead atoms. The van der Waals surface area contributed by atoms with Crippen LogP contribution in [0.1, 0.15) is 23.7 Å². The largest absolute Gasteiger partial charge is 0.326 e. The second-order valence-electron chi connectivity index (χ2n) is 4.64. The quantitative estimate of drug-likeness (QED) is 0.848. The van der Waals surface area contributed by atoms with Gasteiger partial charge < -0.3 is 5.73 Å². The Balaban J connectivity index is 2.13. The molecule has 21 heavy (non-hydrogen) atoms. The lowest BCUT2D eigenvalue weighted by atomic mass is 10.1. The molecule has 0 spiro atoms. The van der Waals surface area contributed by atoms with Crippen molar-refractivity contribution in [3.8, 4) is 0 Å². The number of nitrogens with one attached hydrogen (secondary N) is 1. The first-order valence-electron chi connectivity index (χ1n) is 6.78. The van der Waals surface area contributed by atoms with E-state index in [9.17, 15) is 8.42 Å². The first-order chi connectivity index (χ1) is 10.1. The lowest BCUT2D eigenvalue weighted by molar-refractivity contribution is 0.580. The summed E-state index contributed by atoms with van der Waals surface area (Å²) in [6.45, 7) is 2.59. The van der Waals surface area contributed by atoms with Crippen molar-refractivity contribution in [3.05, 3.63) is 59.4 Å². The molecule has 0 unspecified atom stereocenters. The van der Waals surface area contributed by atoms with Crippen LogP contribution in [0.3, 0.4) is 0 Å². The third kappa shape index (κ3) is 3.87. The molecule has 0 atom stereocenters. The number of nitrogens with zero attached hydrogens (tertiary/aromatic N) is 1. The second-order valence-corrected chi connectivity index (χ2v) is 6.40. The molecule has 0 amide bonds. The molecule has 1 aromatic heterocycles. The topological polar surface area (TPSA) is 85.1 Å². The number of aromatic nitrogens is 1. The summed E-state index contributed by atoms with van der Waals surface area (Å²) in [7, 11) is -3.54. The average molecular weight is 305 g/mol. The molecule has 0 aliphatic rings. The van der Waals surface area contributed by atoms with E-state index >= 15 is 0 Å². The number of nitrogens with two attached hydrogens (primary N) is 1. The van der Waals surface area contributed by atoms with Gasteiger partial charge in [0.05, 0.1) is 17.1 Å². The molecule has 0 saturated carbocycles. The zero-order valence-corrected chi connectivity index (χ0v) is 12.7. The number of hydrogen-bond donors (Lipinski definition) is 2. The zero-order valence-electron chi connectivity index (χ0n) is 11.9. The average Bonchev–Trinajstić information content (AvgIpc) is 2.53. The Labute approximate surface area is 125 Å². The molecule has 3 N–H and O–H groups in total. The van der Waals surface area contributed by atoms with Gasteiger partial charge >= 0.3 is 0 Å². The Kier molecular flexibility index (Phi) is 5.06. The zero-order chi connectivity index (χ0) is 15.3. The summed E-state index contributed by atoms with van der Waals surface area (Å²) >= 11 is 0. The highest BCUT2D eigenvalue weighted by molar-refractivity contribution is 7.89. The van der Waals surface area contributed by atoms with Gasteiger partial charge in [-0.2, -0.15) is 0 Å². The molecule has 112 valence electrons. The standard InChI is InChI=1S/C15H19N3O2S/c1-2-13-4-3-9-17-15(13)11-18-21(19,20)14-7-5-12(10-16)6-8-14/h3-9,18H,2,10-11,16H2,1H3. The van der Waals surface area contributed by atoms with Crippen LogP contribution in [0.15, 0.2) is 47.5 Å². The maximum atomic E-state index is 12.2. The fourth-order valence-corrected chi connectivity index (χ4v) is 2.99. The van der Waals surface area contributed by atoms with Crippen molar-refractivity contribution in [2.24, 2.45) is 5.73 Å². The molecule has 0 aliphatic heterocycles. The van der Waals surface area contributed by atoms with Crippen LogP contribution in [0, 0.1) is 0 Å². The van der Waals surface area contributed by atoms with E-state index in [2.05, 4.69) is 9.71 Å². The van der Waals surface area contributed by atoms with Crippen molar-refractivity contribution in [2.45, 2.75) is 31.3 Å². The number of sulfonamides is 1. The lowest BCUT2D eigenvalue weighted by Gasteiger charge is -2.09.